The van der Waals surface area contributed by atoms with E-state index in [1.807, 2.05) is 24.9 Å². The Balaban J connectivity index is 1.69. The van der Waals surface area contributed by atoms with Crippen molar-refractivity contribution >= 4 is 11.6 Å². The molecule has 2 saturated heterocycles. The van der Waals surface area contributed by atoms with E-state index in [4.69, 9.17) is 9.47 Å². The van der Waals surface area contributed by atoms with E-state index in [9.17, 15) is 4.79 Å². The molecule has 0 radical (unpaired) electrons. The lowest BCUT2D eigenvalue weighted by molar-refractivity contribution is -0.143. The summed E-state index contributed by atoms with van der Waals surface area (Å²) in [7, 11) is 1.90. The van der Waals surface area contributed by atoms with E-state index in [0.29, 0.717) is 6.54 Å². The normalized spacial score (nSPS) is 24.7. The van der Waals surface area contributed by atoms with Crippen LogP contribution in [0.1, 0.15) is 25.3 Å². The minimum absolute atomic E-state index is 0.0145. The van der Waals surface area contributed by atoms with Crippen molar-refractivity contribution in [3.05, 3.63) is 29.8 Å². The van der Waals surface area contributed by atoms with Gasteiger partial charge in [-0.15, -0.1) is 0 Å². The van der Waals surface area contributed by atoms with Crippen molar-refractivity contribution in [2.75, 3.05) is 44.9 Å². The highest BCUT2D eigenvalue weighted by molar-refractivity contribution is 5.79. The second kappa shape index (κ2) is 7.99. The van der Waals surface area contributed by atoms with E-state index >= 15 is 0 Å². The number of para-hydroxylation sites is 1. The molecule has 2 aliphatic heterocycles. The van der Waals surface area contributed by atoms with Crippen molar-refractivity contribution in [1.29, 1.82) is 0 Å². The number of morpholine rings is 1. The number of benzene rings is 1. The molecule has 2 fully saturated rings. The Bertz CT molecular complexity index is 557. The fourth-order valence-electron chi connectivity index (χ4n) is 3.62. The highest BCUT2D eigenvalue weighted by atomic mass is 16.5. The molecule has 0 bridgehead atoms. The lowest BCUT2D eigenvalue weighted by Crippen LogP contribution is -2.41. The van der Waals surface area contributed by atoms with Crippen LogP contribution in [0.25, 0.3) is 0 Å². The minimum atomic E-state index is -0.0145. The molecule has 2 atom stereocenters. The number of nitrogens with zero attached hydrogens (tertiary/aromatic N) is 2. The molecular weight excluding hydrogens is 304 g/mol. The smallest absolute Gasteiger partial charge is 0.228 e. The van der Waals surface area contributed by atoms with Gasteiger partial charge in [-0.25, -0.2) is 0 Å². The SMILES string of the molecule is C[C@@H]1OCCC[C@H]1C(=O)N(C)Cc1ccccc1N1CCOCC1. The monoisotopic (exact) mass is 332 g/mol. The van der Waals surface area contributed by atoms with Crippen LogP contribution in [0, 0.1) is 5.92 Å². The number of amides is 1. The second-order valence-corrected chi connectivity index (χ2v) is 6.75. The van der Waals surface area contributed by atoms with E-state index in [1.54, 1.807) is 0 Å². The molecule has 1 aromatic carbocycles. The molecule has 132 valence electrons. The summed E-state index contributed by atoms with van der Waals surface area (Å²) in [5.74, 6) is 0.179. The van der Waals surface area contributed by atoms with Crippen molar-refractivity contribution in [2.45, 2.75) is 32.4 Å². The summed E-state index contributed by atoms with van der Waals surface area (Å²) >= 11 is 0. The molecular formula is C19H28N2O3. The first-order chi connectivity index (χ1) is 11.7. The first-order valence-electron chi connectivity index (χ1n) is 8.94. The van der Waals surface area contributed by atoms with Crippen molar-refractivity contribution in [1.82, 2.24) is 4.90 Å². The molecule has 5 nitrogen and oxygen atoms in total. The molecule has 5 heteroatoms. The maximum Gasteiger partial charge on any atom is 0.228 e. The molecule has 0 unspecified atom stereocenters. The number of carbonyl (C=O) groups excluding carboxylic acids is 1. The topological polar surface area (TPSA) is 42.0 Å². The molecule has 0 spiro atoms. The molecule has 1 amide bonds. The number of carbonyl (C=O) groups is 1. The Morgan fingerprint density at radius 1 is 1.25 bits per heavy atom. The fourth-order valence-corrected chi connectivity index (χ4v) is 3.62. The van der Waals surface area contributed by atoms with Gasteiger partial charge < -0.3 is 19.3 Å². The van der Waals surface area contributed by atoms with E-state index < -0.39 is 0 Å². The number of hydrogen-bond donors (Lipinski definition) is 0. The van der Waals surface area contributed by atoms with Gasteiger partial charge in [-0.1, -0.05) is 18.2 Å². The van der Waals surface area contributed by atoms with Crippen LogP contribution in [-0.2, 0) is 20.8 Å². The molecule has 2 aliphatic rings. The number of hydrogen-bond acceptors (Lipinski definition) is 4. The molecule has 0 saturated carbocycles. The fraction of sp³-hybridized carbons (Fsp3) is 0.632. The predicted molar refractivity (Wildman–Crippen MR) is 94.1 cm³/mol. The Kier molecular flexibility index (Phi) is 5.74. The maximum absolute atomic E-state index is 12.8. The third-order valence-electron chi connectivity index (χ3n) is 5.05. The Hall–Kier alpha value is -1.59. The maximum atomic E-state index is 12.8. The quantitative estimate of drug-likeness (QED) is 0.848. The standard InChI is InChI=1S/C19H28N2O3/c1-15-17(7-5-11-24-15)19(22)20(2)14-16-6-3-4-8-18(16)21-9-12-23-13-10-21/h3-4,6,8,15,17H,5,7,9-14H2,1-2H3/t15-,17+/m0/s1. The van der Waals surface area contributed by atoms with Crippen LogP contribution in [0.5, 0.6) is 0 Å². The summed E-state index contributed by atoms with van der Waals surface area (Å²) in [4.78, 5) is 17.0. The highest BCUT2D eigenvalue weighted by Crippen LogP contribution is 2.26. The van der Waals surface area contributed by atoms with E-state index in [1.165, 1.54) is 11.3 Å². The summed E-state index contributed by atoms with van der Waals surface area (Å²) in [6.07, 6.45) is 1.91. The molecule has 1 aromatic rings. The summed E-state index contributed by atoms with van der Waals surface area (Å²) < 4.78 is 11.1. The van der Waals surface area contributed by atoms with Crippen molar-refractivity contribution < 1.29 is 14.3 Å². The van der Waals surface area contributed by atoms with Crippen LogP contribution in [0.2, 0.25) is 0 Å². The molecule has 3 rings (SSSR count). The average molecular weight is 332 g/mol. The van der Waals surface area contributed by atoms with Gasteiger partial charge in [0, 0.05) is 39.0 Å². The van der Waals surface area contributed by atoms with Gasteiger partial charge in [0.1, 0.15) is 0 Å². The molecule has 24 heavy (non-hydrogen) atoms. The van der Waals surface area contributed by atoms with Crippen LogP contribution in [0.4, 0.5) is 5.69 Å². The van der Waals surface area contributed by atoms with Crippen molar-refractivity contribution in [2.24, 2.45) is 5.92 Å². The predicted octanol–water partition coefficient (Wildman–Crippen LogP) is 2.30. The van der Waals surface area contributed by atoms with E-state index in [2.05, 4.69) is 23.1 Å². The zero-order chi connectivity index (χ0) is 16.9. The van der Waals surface area contributed by atoms with E-state index in [-0.39, 0.29) is 17.9 Å². The first-order valence-corrected chi connectivity index (χ1v) is 8.94. The molecule has 0 aliphatic carbocycles. The zero-order valence-corrected chi connectivity index (χ0v) is 14.7. The first kappa shape index (κ1) is 17.2. The summed E-state index contributed by atoms with van der Waals surface area (Å²) in [5.41, 5.74) is 2.41. The van der Waals surface area contributed by atoms with Crippen LogP contribution in [0.3, 0.4) is 0 Å². The summed E-state index contributed by atoms with van der Waals surface area (Å²) in [6, 6.07) is 8.37. The zero-order valence-electron chi connectivity index (χ0n) is 14.7. The minimum Gasteiger partial charge on any atom is -0.378 e. The lowest BCUT2D eigenvalue weighted by Gasteiger charge is -2.33. The lowest BCUT2D eigenvalue weighted by atomic mass is 9.94. The van der Waals surface area contributed by atoms with Gasteiger partial charge in [0.05, 0.1) is 25.2 Å². The van der Waals surface area contributed by atoms with Gasteiger partial charge in [-0.05, 0) is 31.4 Å². The third kappa shape index (κ3) is 3.90. The average Bonchev–Trinajstić information content (AvgIpc) is 2.63. The van der Waals surface area contributed by atoms with Gasteiger partial charge in [0.15, 0.2) is 0 Å². The molecule has 2 heterocycles. The van der Waals surface area contributed by atoms with Crippen LogP contribution < -0.4 is 4.90 Å². The van der Waals surface area contributed by atoms with Crippen molar-refractivity contribution in [3.63, 3.8) is 0 Å². The Labute approximate surface area is 144 Å². The Morgan fingerprint density at radius 2 is 2.00 bits per heavy atom. The number of anilines is 1. The largest absolute Gasteiger partial charge is 0.378 e. The third-order valence-corrected chi connectivity index (χ3v) is 5.05. The number of rotatable bonds is 4. The van der Waals surface area contributed by atoms with Crippen LogP contribution >= 0.6 is 0 Å². The summed E-state index contributed by atoms with van der Waals surface area (Å²) in [5, 5.41) is 0. The van der Waals surface area contributed by atoms with Crippen LogP contribution in [-0.4, -0.2) is 56.9 Å². The molecule has 0 N–H and O–H groups in total. The van der Waals surface area contributed by atoms with Gasteiger partial charge >= 0.3 is 0 Å². The Morgan fingerprint density at radius 3 is 2.75 bits per heavy atom. The number of ether oxygens (including phenoxy) is 2. The second-order valence-electron chi connectivity index (χ2n) is 6.75. The van der Waals surface area contributed by atoms with Gasteiger partial charge in [-0.2, -0.15) is 0 Å². The molecule has 0 aromatic heterocycles. The summed E-state index contributed by atoms with van der Waals surface area (Å²) in [6.45, 7) is 6.76. The highest BCUT2D eigenvalue weighted by Gasteiger charge is 2.31. The van der Waals surface area contributed by atoms with Gasteiger partial charge in [0.25, 0.3) is 0 Å². The van der Waals surface area contributed by atoms with Gasteiger partial charge in [0.2, 0.25) is 5.91 Å². The van der Waals surface area contributed by atoms with Crippen molar-refractivity contribution in [3.8, 4) is 0 Å². The van der Waals surface area contributed by atoms with Gasteiger partial charge in [-0.3, -0.25) is 4.79 Å². The van der Waals surface area contributed by atoms with Crippen LogP contribution in [0.15, 0.2) is 24.3 Å². The van der Waals surface area contributed by atoms with E-state index in [0.717, 1.165) is 45.8 Å².